The van der Waals surface area contributed by atoms with Crippen LogP contribution in [0.1, 0.15) is 35.6 Å². The van der Waals surface area contributed by atoms with Crippen molar-refractivity contribution in [3.05, 3.63) is 101 Å². The van der Waals surface area contributed by atoms with Crippen molar-refractivity contribution in [3.8, 4) is 17.6 Å². The molecule has 3 aromatic carbocycles. The molecule has 0 aliphatic carbocycles. The Morgan fingerprint density at radius 2 is 1.59 bits per heavy atom. The standard InChI is InChI=1S/C30H35ClN4O2/c31-28-14-12-27(13-15-28)30(26-8-2-1-3-9-26)35-22-20-34(21-23-35)19-6-24-37-29-16-10-25(11-17-29)7-4-5-18-32-33-36/h1-3,8-17,30,32-33,36H,5-6,18-24H2/t30-/m1/s1. The summed E-state index contributed by atoms with van der Waals surface area (Å²) in [6.45, 7) is 6.46. The maximum Gasteiger partial charge on any atom is 0.119 e. The van der Waals surface area contributed by atoms with E-state index in [1.807, 2.05) is 42.0 Å². The highest BCUT2D eigenvalue weighted by atomic mass is 35.5. The number of nitrogens with zero attached hydrogens (tertiary/aromatic N) is 2. The molecule has 1 fully saturated rings. The lowest BCUT2D eigenvalue weighted by Gasteiger charge is -2.39. The van der Waals surface area contributed by atoms with Gasteiger partial charge in [-0.15, -0.1) is 5.59 Å². The van der Waals surface area contributed by atoms with Gasteiger partial charge in [0.1, 0.15) is 5.75 Å². The van der Waals surface area contributed by atoms with Crippen LogP contribution in [0.4, 0.5) is 0 Å². The van der Waals surface area contributed by atoms with Crippen molar-refractivity contribution in [1.82, 2.24) is 20.8 Å². The van der Waals surface area contributed by atoms with Crippen molar-refractivity contribution in [2.24, 2.45) is 0 Å². The van der Waals surface area contributed by atoms with E-state index in [2.05, 4.69) is 69.5 Å². The van der Waals surface area contributed by atoms with Gasteiger partial charge >= 0.3 is 0 Å². The lowest BCUT2D eigenvalue weighted by Crippen LogP contribution is -2.48. The predicted molar refractivity (Wildman–Crippen MR) is 149 cm³/mol. The minimum Gasteiger partial charge on any atom is -0.494 e. The molecule has 3 aromatic rings. The Morgan fingerprint density at radius 1 is 0.892 bits per heavy atom. The summed E-state index contributed by atoms with van der Waals surface area (Å²) in [6.07, 6.45) is 1.64. The minimum absolute atomic E-state index is 0.242. The average molecular weight is 519 g/mol. The lowest BCUT2D eigenvalue weighted by molar-refractivity contribution is 0.105. The van der Waals surface area contributed by atoms with Crippen LogP contribution in [0.5, 0.6) is 5.75 Å². The van der Waals surface area contributed by atoms with Crippen LogP contribution >= 0.6 is 11.6 Å². The molecule has 0 bridgehead atoms. The maximum absolute atomic E-state index is 8.46. The molecule has 1 saturated heterocycles. The van der Waals surface area contributed by atoms with Crippen molar-refractivity contribution in [2.75, 3.05) is 45.9 Å². The van der Waals surface area contributed by atoms with E-state index in [1.54, 1.807) is 0 Å². The quantitative estimate of drug-likeness (QED) is 0.194. The summed E-state index contributed by atoms with van der Waals surface area (Å²) in [6, 6.07) is 27.1. The van der Waals surface area contributed by atoms with Gasteiger partial charge in [-0.25, -0.2) is 5.43 Å². The van der Waals surface area contributed by atoms with Gasteiger partial charge in [0.15, 0.2) is 0 Å². The van der Waals surface area contributed by atoms with Gasteiger partial charge in [0.05, 0.1) is 12.6 Å². The molecule has 1 atom stereocenters. The first kappa shape index (κ1) is 27.2. The number of hydrazine groups is 1. The van der Waals surface area contributed by atoms with Crippen molar-refractivity contribution in [2.45, 2.75) is 18.9 Å². The van der Waals surface area contributed by atoms with Crippen molar-refractivity contribution in [3.63, 3.8) is 0 Å². The van der Waals surface area contributed by atoms with E-state index in [1.165, 1.54) is 11.1 Å². The van der Waals surface area contributed by atoms with E-state index in [0.29, 0.717) is 19.6 Å². The fourth-order valence-electron chi connectivity index (χ4n) is 4.60. The molecule has 0 saturated carbocycles. The molecule has 0 spiro atoms. The van der Waals surface area contributed by atoms with Crippen LogP contribution in [-0.2, 0) is 0 Å². The molecule has 0 unspecified atom stereocenters. The molecular formula is C30H35ClN4O2. The minimum atomic E-state index is 0.242. The summed E-state index contributed by atoms with van der Waals surface area (Å²) >= 11 is 6.16. The normalized spacial score (nSPS) is 15.1. The van der Waals surface area contributed by atoms with Gasteiger partial charge in [-0.1, -0.05) is 65.9 Å². The van der Waals surface area contributed by atoms with E-state index < -0.39 is 0 Å². The molecule has 1 heterocycles. The highest BCUT2D eigenvalue weighted by Gasteiger charge is 2.26. The van der Waals surface area contributed by atoms with Crippen molar-refractivity contribution < 1.29 is 9.94 Å². The summed E-state index contributed by atoms with van der Waals surface area (Å²) < 4.78 is 5.95. The molecule has 37 heavy (non-hydrogen) atoms. The third-order valence-electron chi connectivity index (χ3n) is 6.50. The van der Waals surface area contributed by atoms with Gasteiger partial charge in [0.2, 0.25) is 0 Å². The number of benzene rings is 3. The first-order valence-electron chi connectivity index (χ1n) is 12.8. The molecule has 194 valence electrons. The molecule has 0 amide bonds. The number of hydrogen-bond donors (Lipinski definition) is 3. The second kappa shape index (κ2) is 14.7. The Balaban J connectivity index is 1.21. The molecular weight excluding hydrogens is 484 g/mol. The Bertz CT molecular complexity index is 1120. The number of rotatable bonds is 11. The first-order chi connectivity index (χ1) is 18.2. The largest absolute Gasteiger partial charge is 0.494 e. The Labute approximate surface area is 225 Å². The number of halogens is 1. The summed E-state index contributed by atoms with van der Waals surface area (Å²) in [5.74, 6) is 7.03. The third-order valence-corrected chi connectivity index (χ3v) is 6.75. The van der Waals surface area contributed by atoms with Crippen LogP contribution in [0, 0.1) is 11.8 Å². The fourth-order valence-corrected chi connectivity index (χ4v) is 4.72. The topological polar surface area (TPSA) is 60.0 Å². The summed E-state index contributed by atoms with van der Waals surface area (Å²) in [5.41, 5.74) is 8.04. The van der Waals surface area contributed by atoms with Gasteiger partial charge < -0.3 is 14.8 Å². The lowest BCUT2D eigenvalue weighted by atomic mass is 9.96. The van der Waals surface area contributed by atoms with Gasteiger partial charge in [0, 0.05) is 56.3 Å². The zero-order valence-electron chi connectivity index (χ0n) is 21.1. The van der Waals surface area contributed by atoms with E-state index >= 15 is 0 Å². The van der Waals surface area contributed by atoms with Crippen LogP contribution < -0.4 is 15.8 Å². The van der Waals surface area contributed by atoms with E-state index in [4.69, 9.17) is 21.5 Å². The average Bonchev–Trinajstić information content (AvgIpc) is 2.94. The van der Waals surface area contributed by atoms with Crippen LogP contribution in [-0.4, -0.2) is 60.9 Å². The molecule has 7 heteroatoms. The summed E-state index contributed by atoms with van der Waals surface area (Å²) in [5, 5.41) is 9.23. The summed E-state index contributed by atoms with van der Waals surface area (Å²) in [4.78, 5) is 5.11. The Hall–Kier alpha value is -2.89. The third kappa shape index (κ3) is 8.58. The molecule has 4 rings (SSSR count). The van der Waals surface area contributed by atoms with Crippen LogP contribution in [0.2, 0.25) is 5.02 Å². The van der Waals surface area contributed by atoms with Crippen molar-refractivity contribution >= 4 is 11.6 Å². The first-order valence-corrected chi connectivity index (χ1v) is 13.2. The molecule has 1 aliphatic heterocycles. The number of nitrogens with one attached hydrogen (secondary N) is 2. The van der Waals surface area contributed by atoms with E-state index in [9.17, 15) is 0 Å². The fraction of sp³-hybridized carbons (Fsp3) is 0.333. The van der Waals surface area contributed by atoms with Crippen LogP contribution in [0.25, 0.3) is 0 Å². The molecule has 1 aliphatic rings. The molecule has 0 radical (unpaired) electrons. The second-order valence-corrected chi connectivity index (χ2v) is 9.50. The number of ether oxygens (including phenoxy) is 1. The molecule has 3 N–H and O–H groups in total. The SMILES string of the molecule is ONNCCC#Cc1ccc(OCCCN2CCN([C@H](c3ccccc3)c3ccc(Cl)cc3)CC2)cc1. The van der Waals surface area contributed by atoms with Crippen molar-refractivity contribution in [1.29, 1.82) is 0 Å². The Kier molecular flexibility index (Phi) is 10.8. The van der Waals surface area contributed by atoms with Gasteiger partial charge in [-0.3, -0.25) is 4.90 Å². The molecule has 6 nitrogen and oxygen atoms in total. The number of piperazine rings is 1. The van der Waals surface area contributed by atoms with Gasteiger partial charge in [0.25, 0.3) is 0 Å². The van der Waals surface area contributed by atoms with E-state index in [0.717, 1.165) is 55.5 Å². The zero-order chi connectivity index (χ0) is 25.7. The molecule has 0 aromatic heterocycles. The number of hydrogen-bond acceptors (Lipinski definition) is 6. The Morgan fingerprint density at radius 3 is 2.30 bits per heavy atom. The predicted octanol–water partition coefficient (Wildman–Crippen LogP) is 4.74. The maximum atomic E-state index is 8.46. The monoisotopic (exact) mass is 518 g/mol. The van der Waals surface area contributed by atoms with E-state index in [-0.39, 0.29) is 6.04 Å². The van der Waals surface area contributed by atoms with Crippen LogP contribution in [0.15, 0.2) is 78.9 Å². The highest BCUT2D eigenvalue weighted by Crippen LogP contribution is 2.30. The van der Waals surface area contributed by atoms with Crippen LogP contribution in [0.3, 0.4) is 0 Å². The van der Waals surface area contributed by atoms with Gasteiger partial charge in [-0.2, -0.15) is 0 Å². The van der Waals surface area contributed by atoms with Gasteiger partial charge in [-0.05, 0) is 53.9 Å². The highest BCUT2D eigenvalue weighted by molar-refractivity contribution is 6.30. The summed E-state index contributed by atoms with van der Waals surface area (Å²) in [7, 11) is 0. The second-order valence-electron chi connectivity index (χ2n) is 9.06. The smallest absolute Gasteiger partial charge is 0.119 e. The zero-order valence-corrected chi connectivity index (χ0v) is 21.8.